The summed E-state index contributed by atoms with van der Waals surface area (Å²) in [7, 11) is 3.19. The third-order valence-corrected chi connectivity index (χ3v) is 4.21. The Morgan fingerprint density at radius 1 is 1.11 bits per heavy atom. The lowest BCUT2D eigenvalue weighted by Gasteiger charge is -2.12. The fourth-order valence-corrected chi connectivity index (χ4v) is 2.74. The number of nitrogens with one attached hydrogen (secondary N) is 2. The SMILES string of the molecule is COc1ccc(CCNC(=O)Nc2ccc(C)c(-n3cnnn3)c2)cc1OC. The molecule has 1 aromatic heterocycles. The molecular formula is C19H22N6O3. The number of hydrogen-bond acceptors (Lipinski definition) is 6. The number of carbonyl (C=O) groups excluding carboxylic acids is 1. The number of urea groups is 1. The normalized spacial score (nSPS) is 10.4. The molecule has 0 fully saturated rings. The Hall–Kier alpha value is -3.62. The molecule has 1 heterocycles. The van der Waals surface area contributed by atoms with E-state index in [2.05, 4.69) is 26.2 Å². The van der Waals surface area contributed by atoms with Gasteiger partial charge in [-0.3, -0.25) is 0 Å². The molecule has 2 amide bonds. The second kappa shape index (κ2) is 8.85. The van der Waals surface area contributed by atoms with Crippen molar-refractivity contribution in [1.82, 2.24) is 25.5 Å². The van der Waals surface area contributed by atoms with E-state index in [-0.39, 0.29) is 6.03 Å². The van der Waals surface area contributed by atoms with Crippen LogP contribution in [0.25, 0.3) is 5.69 Å². The Balaban J connectivity index is 1.56. The number of amides is 2. The van der Waals surface area contributed by atoms with Gasteiger partial charge in [0.1, 0.15) is 6.33 Å². The molecule has 28 heavy (non-hydrogen) atoms. The molecule has 0 aliphatic heterocycles. The van der Waals surface area contributed by atoms with E-state index in [0.717, 1.165) is 16.8 Å². The van der Waals surface area contributed by atoms with Gasteiger partial charge in [0.15, 0.2) is 11.5 Å². The molecule has 3 rings (SSSR count). The molecule has 0 saturated heterocycles. The first kappa shape index (κ1) is 19.2. The minimum atomic E-state index is -0.285. The van der Waals surface area contributed by atoms with Gasteiger partial charge < -0.3 is 20.1 Å². The zero-order valence-corrected chi connectivity index (χ0v) is 16.0. The number of ether oxygens (including phenoxy) is 2. The topological polar surface area (TPSA) is 103 Å². The van der Waals surface area contributed by atoms with Gasteiger partial charge in [0.2, 0.25) is 0 Å². The molecule has 3 aromatic rings. The van der Waals surface area contributed by atoms with Gasteiger partial charge in [0, 0.05) is 12.2 Å². The summed E-state index contributed by atoms with van der Waals surface area (Å²) in [4.78, 5) is 12.2. The summed E-state index contributed by atoms with van der Waals surface area (Å²) in [5.41, 5.74) is 3.48. The number of tetrazole rings is 1. The lowest BCUT2D eigenvalue weighted by atomic mass is 10.1. The van der Waals surface area contributed by atoms with Gasteiger partial charge in [0.25, 0.3) is 0 Å². The van der Waals surface area contributed by atoms with Crippen LogP contribution in [-0.4, -0.2) is 47.0 Å². The molecule has 0 aliphatic rings. The number of aryl methyl sites for hydroxylation is 1. The van der Waals surface area contributed by atoms with Crippen LogP contribution >= 0.6 is 0 Å². The second-order valence-corrected chi connectivity index (χ2v) is 6.08. The largest absolute Gasteiger partial charge is 0.493 e. The number of methoxy groups -OCH3 is 2. The van der Waals surface area contributed by atoms with Gasteiger partial charge in [-0.25, -0.2) is 9.48 Å². The summed E-state index contributed by atoms with van der Waals surface area (Å²) >= 11 is 0. The molecule has 0 radical (unpaired) electrons. The average molecular weight is 382 g/mol. The van der Waals surface area contributed by atoms with Crippen molar-refractivity contribution in [2.24, 2.45) is 0 Å². The van der Waals surface area contributed by atoms with Crippen molar-refractivity contribution in [3.05, 3.63) is 53.9 Å². The summed E-state index contributed by atoms with van der Waals surface area (Å²) < 4.78 is 12.1. The van der Waals surface area contributed by atoms with Crippen LogP contribution in [-0.2, 0) is 6.42 Å². The van der Waals surface area contributed by atoms with Crippen molar-refractivity contribution in [3.8, 4) is 17.2 Å². The minimum absolute atomic E-state index is 0.285. The standard InChI is InChI=1S/C19H22N6O3/c1-13-4-6-15(11-16(13)25-12-21-23-24-25)22-19(26)20-9-8-14-5-7-17(27-2)18(10-14)28-3/h4-7,10-12H,8-9H2,1-3H3,(H2,20,22,26). The predicted octanol–water partition coefficient (Wildman–Crippen LogP) is 2.35. The minimum Gasteiger partial charge on any atom is -0.493 e. The van der Waals surface area contributed by atoms with E-state index < -0.39 is 0 Å². The van der Waals surface area contributed by atoms with Crippen molar-refractivity contribution < 1.29 is 14.3 Å². The molecule has 0 aliphatic carbocycles. The second-order valence-electron chi connectivity index (χ2n) is 6.08. The third kappa shape index (κ3) is 4.56. The number of carbonyl (C=O) groups is 1. The van der Waals surface area contributed by atoms with Crippen molar-refractivity contribution >= 4 is 11.7 Å². The van der Waals surface area contributed by atoms with Gasteiger partial charge in [-0.15, -0.1) is 5.10 Å². The van der Waals surface area contributed by atoms with E-state index >= 15 is 0 Å². The number of rotatable bonds is 7. The summed E-state index contributed by atoms with van der Waals surface area (Å²) in [6.07, 6.45) is 2.17. The first-order chi connectivity index (χ1) is 13.6. The Labute approximate surface area is 162 Å². The highest BCUT2D eigenvalue weighted by Crippen LogP contribution is 2.27. The molecule has 0 saturated carbocycles. The maximum absolute atomic E-state index is 12.2. The van der Waals surface area contributed by atoms with Gasteiger partial charge in [-0.2, -0.15) is 0 Å². The Morgan fingerprint density at radius 2 is 1.93 bits per heavy atom. The van der Waals surface area contributed by atoms with Gasteiger partial charge in [0.05, 0.1) is 19.9 Å². The number of hydrogen-bond donors (Lipinski definition) is 2. The molecule has 2 aromatic carbocycles. The van der Waals surface area contributed by atoms with E-state index in [4.69, 9.17) is 9.47 Å². The van der Waals surface area contributed by atoms with Gasteiger partial charge in [-0.05, 0) is 59.2 Å². The van der Waals surface area contributed by atoms with Crippen LogP contribution in [0.15, 0.2) is 42.7 Å². The maximum atomic E-state index is 12.2. The van der Waals surface area contributed by atoms with Crippen molar-refractivity contribution in [3.63, 3.8) is 0 Å². The first-order valence-corrected chi connectivity index (χ1v) is 8.70. The molecule has 9 nitrogen and oxygen atoms in total. The highest BCUT2D eigenvalue weighted by molar-refractivity contribution is 5.89. The summed E-state index contributed by atoms with van der Waals surface area (Å²) in [6, 6.07) is 11.0. The average Bonchev–Trinajstić information content (AvgIpc) is 3.24. The number of nitrogens with zero attached hydrogens (tertiary/aromatic N) is 4. The molecule has 0 spiro atoms. The van der Waals surface area contributed by atoms with E-state index in [0.29, 0.717) is 30.2 Å². The van der Waals surface area contributed by atoms with Crippen LogP contribution in [0.2, 0.25) is 0 Å². The quantitative estimate of drug-likeness (QED) is 0.650. The van der Waals surface area contributed by atoms with Gasteiger partial charge in [-0.1, -0.05) is 12.1 Å². The highest BCUT2D eigenvalue weighted by atomic mass is 16.5. The van der Waals surface area contributed by atoms with Crippen LogP contribution in [0.5, 0.6) is 11.5 Å². The predicted molar refractivity (Wildman–Crippen MR) is 104 cm³/mol. The lowest BCUT2D eigenvalue weighted by molar-refractivity contribution is 0.252. The molecule has 0 bridgehead atoms. The molecular weight excluding hydrogens is 360 g/mol. The molecule has 0 unspecified atom stereocenters. The van der Waals surface area contributed by atoms with Crippen molar-refractivity contribution in [1.29, 1.82) is 0 Å². The first-order valence-electron chi connectivity index (χ1n) is 8.70. The van der Waals surface area contributed by atoms with Crippen LogP contribution in [0.4, 0.5) is 10.5 Å². The van der Waals surface area contributed by atoms with Crippen LogP contribution in [0.3, 0.4) is 0 Å². The fraction of sp³-hybridized carbons (Fsp3) is 0.263. The van der Waals surface area contributed by atoms with Crippen LogP contribution in [0.1, 0.15) is 11.1 Å². The van der Waals surface area contributed by atoms with Crippen LogP contribution < -0.4 is 20.1 Å². The van der Waals surface area contributed by atoms with Gasteiger partial charge >= 0.3 is 6.03 Å². The summed E-state index contributed by atoms with van der Waals surface area (Å²) in [6.45, 7) is 2.43. The Morgan fingerprint density at radius 3 is 2.64 bits per heavy atom. The van der Waals surface area contributed by atoms with E-state index in [1.165, 1.54) is 6.33 Å². The Kier molecular flexibility index (Phi) is 6.05. The monoisotopic (exact) mass is 382 g/mol. The fourth-order valence-electron chi connectivity index (χ4n) is 2.74. The molecule has 0 atom stereocenters. The smallest absolute Gasteiger partial charge is 0.319 e. The zero-order chi connectivity index (χ0) is 19.9. The van der Waals surface area contributed by atoms with E-state index in [1.807, 2.05) is 43.3 Å². The Bertz CT molecular complexity index is 943. The summed E-state index contributed by atoms with van der Waals surface area (Å²) in [5.74, 6) is 1.34. The van der Waals surface area contributed by atoms with E-state index in [1.54, 1.807) is 18.9 Å². The highest BCUT2D eigenvalue weighted by Gasteiger charge is 2.08. The third-order valence-electron chi connectivity index (χ3n) is 4.21. The molecule has 2 N–H and O–H groups in total. The van der Waals surface area contributed by atoms with E-state index in [9.17, 15) is 4.79 Å². The number of benzene rings is 2. The van der Waals surface area contributed by atoms with Crippen LogP contribution in [0, 0.1) is 6.92 Å². The molecule has 146 valence electrons. The zero-order valence-electron chi connectivity index (χ0n) is 16.0. The van der Waals surface area contributed by atoms with Crippen molar-refractivity contribution in [2.75, 3.05) is 26.1 Å². The number of aromatic nitrogens is 4. The number of anilines is 1. The lowest BCUT2D eigenvalue weighted by Crippen LogP contribution is -2.30. The summed E-state index contributed by atoms with van der Waals surface area (Å²) in [5, 5.41) is 16.8. The maximum Gasteiger partial charge on any atom is 0.319 e. The van der Waals surface area contributed by atoms with Crippen molar-refractivity contribution in [2.45, 2.75) is 13.3 Å². The molecule has 9 heteroatoms.